The first-order valence-electron chi connectivity index (χ1n) is 7.91. The Kier molecular flexibility index (Phi) is 6.39. The summed E-state index contributed by atoms with van der Waals surface area (Å²) in [6, 6.07) is 12.8. The predicted molar refractivity (Wildman–Crippen MR) is 99.5 cm³/mol. The summed E-state index contributed by atoms with van der Waals surface area (Å²) in [7, 11) is 3.15. The fourth-order valence-corrected chi connectivity index (χ4v) is 2.25. The van der Waals surface area contributed by atoms with Gasteiger partial charge in [0.2, 0.25) is 0 Å². The molecule has 2 N–H and O–H groups in total. The van der Waals surface area contributed by atoms with Gasteiger partial charge in [0.1, 0.15) is 6.04 Å². The van der Waals surface area contributed by atoms with Crippen molar-refractivity contribution in [2.24, 2.45) is 5.10 Å². The molecule has 2 rings (SSSR count). The SMILES string of the molecule is COc1ccc(C=NNC(=O)C(C)Nc2cccc(C)c2)cc1OC. The third-order valence-electron chi connectivity index (χ3n) is 3.59. The molecule has 0 spiro atoms. The van der Waals surface area contributed by atoms with Crippen molar-refractivity contribution in [1.29, 1.82) is 0 Å². The molecule has 0 saturated carbocycles. The van der Waals surface area contributed by atoms with Crippen molar-refractivity contribution in [2.75, 3.05) is 19.5 Å². The molecule has 2 aromatic rings. The van der Waals surface area contributed by atoms with Gasteiger partial charge in [-0.2, -0.15) is 5.10 Å². The highest BCUT2D eigenvalue weighted by Crippen LogP contribution is 2.26. The number of rotatable bonds is 7. The number of ether oxygens (including phenoxy) is 2. The van der Waals surface area contributed by atoms with E-state index >= 15 is 0 Å². The first-order chi connectivity index (χ1) is 12.0. The molecule has 0 aromatic heterocycles. The number of hydrogen-bond donors (Lipinski definition) is 2. The van der Waals surface area contributed by atoms with Crippen LogP contribution in [0.1, 0.15) is 18.1 Å². The zero-order valence-electron chi connectivity index (χ0n) is 14.9. The zero-order chi connectivity index (χ0) is 18.2. The summed E-state index contributed by atoms with van der Waals surface area (Å²) >= 11 is 0. The number of hydrazone groups is 1. The second-order valence-corrected chi connectivity index (χ2v) is 5.58. The second kappa shape index (κ2) is 8.73. The number of nitrogens with one attached hydrogen (secondary N) is 2. The minimum absolute atomic E-state index is 0.224. The lowest BCUT2D eigenvalue weighted by Crippen LogP contribution is -2.34. The summed E-state index contributed by atoms with van der Waals surface area (Å²) in [4.78, 5) is 12.1. The molecule has 1 amide bonds. The Morgan fingerprint density at radius 3 is 2.56 bits per heavy atom. The largest absolute Gasteiger partial charge is 0.493 e. The second-order valence-electron chi connectivity index (χ2n) is 5.58. The Hall–Kier alpha value is -3.02. The fourth-order valence-electron chi connectivity index (χ4n) is 2.25. The molecule has 0 bridgehead atoms. The van der Waals surface area contributed by atoms with Crippen LogP contribution in [0.15, 0.2) is 47.6 Å². The Morgan fingerprint density at radius 1 is 1.12 bits per heavy atom. The van der Waals surface area contributed by atoms with Gasteiger partial charge in [-0.3, -0.25) is 4.79 Å². The van der Waals surface area contributed by atoms with Crippen LogP contribution in [0.25, 0.3) is 0 Å². The smallest absolute Gasteiger partial charge is 0.262 e. The number of anilines is 1. The maximum absolute atomic E-state index is 12.1. The summed E-state index contributed by atoms with van der Waals surface area (Å²) in [6.45, 7) is 3.78. The molecule has 0 aliphatic carbocycles. The minimum Gasteiger partial charge on any atom is -0.493 e. The maximum atomic E-state index is 12.1. The van der Waals surface area contributed by atoms with E-state index < -0.39 is 6.04 Å². The van der Waals surface area contributed by atoms with Crippen molar-refractivity contribution in [3.8, 4) is 11.5 Å². The molecule has 0 saturated heterocycles. The highest BCUT2D eigenvalue weighted by Gasteiger charge is 2.11. The van der Waals surface area contributed by atoms with E-state index in [1.165, 1.54) is 0 Å². The van der Waals surface area contributed by atoms with E-state index in [-0.39, 0.29) is 5.91 Å². The lowest BCUT2D eigenvalue weighted by molar-refractivity contribution is -0.121. The number of benzene rings is 2. The fraction of sp³-hybridized carbons (Fsp3) is 0.263. The predicted octanol–water partition coefficient (Wildman–Crippen LogP) is 2.96. The van der Waals surface area contributed by atoms with Gasteiger partial charge in [-0.1, -0.05) is 12.1 Å². The Bertz CT molecular complexity index is 759. The van der Waals surface area contributed by atoms with Gasteiger partial charge in [-0.25, -0.2) is 5.43 Å². The van der Waals surface area contributed by atoms with Crippen molar-refractivity contribution in [3.05, 3.63) is 53.6 Å². The van der Waals surface area contributed by atoms with Crippen LogP contribution in [0.3, 0.4) is 0 Å². The molecule has 6 heteroatoms. The molecule has 0 aliphatic heterocycles. The molecule has 0 heterocycles. The van der Waals surface area contributed by atoms with Crippen molar-refractivity contribution in [2.45, 2.75) is 19.9 Å². The van der Waals surface area contributed by atoms with Crippen molar-refractivity contribution in [3.63, 3.8) is 0 Å². The van der Waals surface area contributed by atoms with Crippen LogP contribution >= 0.6 is 0 Å². The molecule has 0 radical (unpaired) electrons. The van der Waals surface area contributed by atoms with Crippen molar-refractivity contribution >= 4 is 17.8 Å². The van der Waals surface area contributed by atoms with Crippen molar-refractivity contribution < 1.29 is 14.3 Å². The van der Waals surface area contributed by atoms with Crippen LogP contribution in [0.4, 0.5) is 5.69 Å². The number of nitrogens with zero attached hydrogens (tertiary/aromatic N) is 1. The third kappa shape index (κ3) is 5.24. The number of hydrogen-bond acceptors (Lipinski definition) is 5. The third-order valence-corrected chi connectivity index (χ3v) is 3.59. The maximum Gasteiger partial charge on any atom is 0.262 e. The number of amides is 1. The zero-order valence-corrected chi connectivity index (χ0v) is 14.9. The van der Waals surface area contributed by atoms with Gasteiger partial charge in [0, 0.05) is 5.69 Å². The summed E-state index contributed by atoms with van der Waals surface area (Å²) in [5.41, 5.74) is 5.34. The van der Waals surface area contributed by atoms with Crippen LogP contribution in [-0.4, -0.2) is 32.4 Å². The van der Waals surface area contributed by atoms with E-state index in [9.17, 15) is 4.79 Å². The number of carbonyl (C=O) groups is 1. The van der Waals surface area contributed by atoms with Gasteiger partial charge in [0.15, 0.2) is 11.5 Å². The summed E-state index contributed by atoms with van der Waals surface area (Å²) in [5, 5.41) is 7.13. The van der Waals surface area contributed by atoms with Crippen LogP contribution in [0, 0.1) is 6.92 Å². The first-order valence-corrected chi connectivity index (χ1v) is 7.91. The quantitative estimate of drug-likeness (QED) is 0.600. The van der Waals surface area contributed by atoms with E-state index in [1.807, 2.05) is 37.3 Å². The Balaban J connectivity index is 1.93. The van der Waals surface area contributed by atoms with Gasteiger partial charge < -0.3 is 14.8 Å². The lowest BCUT2D eigenvalue weighted by Gasteiger charge is -2.13. The van der Waals surface area contributed by atoms with Gasteiger partial charge >= 0.3 is 0 Å². The molecule has 2 aromatic carbocycles. The summed E-state index contributed by atoms with van der Waals surface area (Å²) in [6.07, 6.45) is 1.55. The normalized spacial score (nSPS) is 11.8. The average Bonchev–Trinajstić information content (AvgIpc) is 2.61. The van der Waals surface area contributed by atoms with Gasteiger partial charge in [-0.05, 0) is 55.3 Å². The molecule has 6 nitrogen and oxygen atoms in total. The Labute approximate surface area is 147 Å². The van der Waals surface area contributed by atoms with Crippen LogP contribution in [0.2, 0.25) is 0 Å². The molecule has 25 heavy (non-hydrogen) atoms. The molecule has 0 aliphatic rings. The average molecular weight is 341 g/mol. The van der Waals surface area contributed by atoms with E-state index in [0.717, 1.165) is 16.8 Å². The van der Waals surface area contributed by atoms with Crippen LogP contribution in [0.5, 0.6) is 11.5 Å². The Morgan fingerprint density at radius 2 is 1.88 bits per heavy atom. The van der Waals surface area contributed by atoms with E-state index in [2.05, 4.69) is 15.8 Å². The highest BCUT2D eigenvalue weighted by atomic mass is 16.5. The van der Waals surface area contributed by atoms with E-state index in [4.69, 9.17) is 9.47 Å². The lowest BCUT2D eigenvalue weighted by atomic mass is 10.2. The van der Waals surface area contributed by atoms with Gasteiger partial charge in [0.25, 0.3) is 5.91 Å². The minimum atomic E-state index is -0.413. The standard InChI is InChI=1S/C19H23N3O3/c1-13-6-5-7-16(10-13)21-14(2)19(23)22-20-12-15-8-9-17(24-3)18(11-15)25-4/h5-12,14,21H,1-4H3,(H,22,23). The molecular formula is C19H23N3O3. The molecule has 132 valence electrons. The number of carbonyl (C=O) groups excluding carboxylic acids is 1. The highest BCUT2D eigenvalue weighted by molar-refractivity contribution is 5.86. The first kappa shape index (κ1) is 18.3. The summed E-state index contributed by atoms with van der Waals surface area (Å²) in [5.74, 6) is 1.02. The molecule has 1 unspecified atom stereocenters. The van der Waals surface area contributed by atoms with E-state index in [0.29, 0.717) is 11.5 Å². The van der Waals surface area contributed by atoms with Gasteiger partial charge in [-0.15, -0.1) is 0 Å². The molecular weight excluding hydrogens is 318 g/mol. The van der Waals surface area contributed by atoms with E-state index in [1.54, 1.807) is 39.5 Å². The topological polar surface area (TPSA) is 72.0 Å². The van der Waals surface area contributed by atoms with Crippen LogP contribution in [-0.2, 0) is 4.79 Å². The van der Waals surface area contributed by atoms with Crippen LogP contribution < -0.4 is 20.2 Å². The number of methoxy groups -OCH3 is 2. The van der Waals surface area contributed by atoms with Crippen molar-refractivity contribution in [1.82, 2.24) is 5.43 Å². The summed E-state index contributed by atoms with van der Waals surface area (Å²) < 4.78 is 10.4. The monoisotopic (exact) mass is 341 g/mol. The molecule has 1 atom stereocenters. The molecule has 0 fully saturated rings. The number of aryl methyl sites for hydroxylation is 1. The van der Waals surface area contributed by atoms with Gasteiger partial charge in [0.05, 0.1) is 20.4 Å².